The van der Waals surface area contributed by atoms with Gasteiger partial charge in [0.15, 0.2) is 5.78 Å². The Morgan fingerprint density at radius 1 is 0.971 bits per heavy atom. The number of rotatable bonds is 6. The average molecular weight is 493 g/mol. The van der Waals surface area contributed by atoms with Gasteiger partial charge in [0.05, 0.1) is 11.4 Å². The Bertz CT molecular complexity index is 1350. The number of hydrogen-bond donors (Lipinski definition) is 0. The number of amides is 1. The summed E-state index contributed by atoms with van der Waals surface area (Å²) in [6.45, 7) is 5.87. The Balaban J connectivity index is 1.60. The number of aryl methyl sites for hydroxylation is 1. The fourth-order valence-corrected chi connectivity index (χ4v) is 5.43. The van der Waals surface area contributed by atoms with E-state index < -0.39 is 10.0 Å². The quantitative estimate of drug-likeness (QED) is 0.478. The highest BCUT2D eigenvalue weighted by Gasteiger charge is 2.28. The first-order valence-electron chi connectivity index (χ1n) is 11.4. The SMILES string of the molecule is CC(=O)c1ccc(S(=O)(=O)N2CCOc3ccc(CN(C(C)=O)c4ccc(C)cc4)cc3C2)cc1. The lowest BCUT2D eigenvalue weighted by atomic mass is 10.1. The fraction of sp³-hybridized carbons (Fsp3) is 0.259. The Labute approximate surface area is 206 Å². The molecule has 3 aromatic rings. The van der Waals surface area contributed by atoms with E-state index in [-0.39, 0.29) is 36.3 Å². The summed E-state index contributed by atoms with van der Waals surface area (Å²) in [5.74, 6) is 0.421. The van der Waals surface area contributed by atoms with Crippen LogP contribution in [0.15, 0.2) is 71.6 Å². The number of ketones is 1. The molecule has 0 fully saturated rings. The molecule has 0 saturated heterocycles. The van der Waals surface area contributed by atoms with Crippen molar-refractivity contribution in [2.24, 2.45) is 0 Å². The van der Waals surface area contributed by atoms with Crippen molar-refractivity contribution in [3.8, 4) is 5.75 Å². The van der Waals surface area contributed by atoms with E-state index >= 15 is 0 Å². The van der Waals surface area contributed by atoms with E-state index in [1.54, 1.807) is 4.90 Å². The highest BCUT2D eigenvalue weighted by Crippen LogP contribution is 2.29. The molecule has 1 amide bonds. The van der Waals surface area contributed by atoms with Crippen LogP contribution in [-0.2, 0) is 27.9 Å². The van der Waals surface area contributed by atoms with E-state index in [0.717, 1.165) is 22.4 Å². The van der Waals surface area contributed by atoms with Gasteiger partial charge in [0.2, 0.25) is 15.9 Å². The second-order valence-corrected chi connectivity index (χ2v) is 10.6. The van der Waals surface area contributed by atoms with Gasteiger partial charge in [0.25, 0.3) is 0 Å². The van der Waals surface area contributed by atoms with Gasteiger partial charge >= 0.3 is 0 Å². The average Bonchev–Trinajstić information content (AvgIpc) is 3.06. The zero-order valence-corrected chi connectivity index (χ0v) is 20.8. The highest BCUT2D eigenvalue weighted by atomic mass is 32.2. The number of Topliss-reactive ketones (excluding diaryl/α,β-unsaturated/α-hetero) is 1. The zero-order chi connectivity index (χ0) is 25.2. The minimum Gasteiger partial charge on any atom is -0.492 e. The van der Waals surface area contributed by atoms with Crippen LogP contribution in [-0.4, -0.2) is 37.6 Å². The normalized spacial score (nSPS) is 13.9. The third-order valence-corrected chi connectivity index (χ3v) is 7.89. The number of anilines is 1. The molecule has 0 spiro atoms. The van der Waals surface area contributed by atoms with Crippen LogP contribution < -0.4 is 9.64 Å². The number of benzene rings is 3. The maximum Gasteiger partial charge on any atom is 0.243 e. The summed E-state index contributed by atoms with van der Waals surface area (Å²) >= 11 is 0. The lowest BCUT2D eigenvalue weighted by Crippen LogP contribution is -2.32. The van der Waals surface area contributed by atoms with Gasteiger partial charge in [-0.3, -0.25) is 9.59 Å². The van der Waals surface area contributed by atoms with E-state index in [1.165, 1.54) is 42.4 Å². The fourth-order valence-electron chi connectivity index (χ4n) is 4.03. The minimum absolute atomic E-state index is 0.0849. The molecule has 3 aromatic carbocycles. The standard InChI is InChI=1S/C27H28N2O5S/c1-19-4-9-25(10-5-19)29(21(3)31)17-22-6-13-27-24(16-22)18-28(14-15-34-27)35(32,33)26-11-7-23(8-12-26)20(2)30/h4-13,16H,14-15,17-18H2,1-3H3. The molecule has 0 aliphatic carbocycles. The molecular weight excluding hydrogens is 464 g/mol. The van der Waals surface area contributed by atoms with E-state index in [0.29, 0.717) is 17.9 Å². The predicted octanol–water partition coefficient (Wildman–Crippen LogP) is 4.33. The number of sulfonamides is 1. The van der Waals surface area contributed by atoms with Crippen LogP contribution in [0.4, 0.5) is 5.69 Å². The van der Waals surface area contributed by atoms with E-state index in [2.05, 4.69) is 0 Å². The molecule has 0 atom stereocenters. The van der Waals surface area contributed by atoms with Crippen molar-refractivity contribution in [1.29, 1.82) is 0 Å². The number of carbonyl (C=O) groups excluding carboxylic acids is 2. The molecule has 7 nitrogen and oxygen atoms in total. The molecule has 0 saturated carbocycles. The second kappa shape index (κ2) is 10.0. The molecule has 0 bridgehead atoms. The van der Waals surface area contributed by atoms with Gasteiger partial charge in [-0.2, -0.15) is 4.31 Å². The maximum atomic E-state index is 13.3. The van der Waals surface area contributed by atoms with Crippen molar-refractivity contribution in [3.05, 3.63) is 89.0 Å². The molecule has 182 valence electrons. The minimum atomic E-state index is -3.79. The Morgan fingerprint density at radius 2 is 1.66 bits per heavy atom. The molecule has 35 heavy (non-hydrogen) atoms. The molecule has 1 heterocycles. The summed E-state index contributed by atoms with van der Waals surface area (Å²) in [7, 11) is -3.79. The van der Waals surface area contributed by atoms with Crippen LogP contribution in [0.3, 0.4) is 0 Å². The van der Waals surface area contributed by atoms with Crippen LogP contribution in [0.5, 0.6) is 5.75 Å². The number of nitrogens with zero attached hydrogens (tertiary/aromatic N) is 2. The van der Waals surface area contributed by atoms with Crippen molar-refractivity contribution in [1.82, 2.24) is 4.31 Å². The van der Waals surface area contributed by atoms with Gasteiger partial charge in [0, 0.05) is 36.8 Å². The van der Waals surface area contributed by atoms with E-state index in [9.17, 15) is 18.0 Å². The molecule has 1 aliphatic rings. The van der Waals surface area contributed by atoms with Crippen LogP contribution in [0.25, 0.3) is 0 Å². The number of fused-ring (bicyclic) bond motifs is 1. The van der Waals surface area contributed by atoms with Gasteiger partial charge in [-0.15, -0.1) is 0 Å². The topological polar surface area (TPSA) is 84.0 Å². The molecule has 0 unspecified atom stereocenters. The monoisotopic (exact) mass is 492 g/mol. The van der Waals surface area contributed by atoms with Crippen LogP contribution in [0.2, 0.25) is 0 Å². The molecule has 4 rings (SSSR count). The number of hydrogen-bond acceptors (Lipinski definition) is 5. The Morgan fingerprint density at radius 3 is 2.29 bits per heavy atom. The van der Waals surface area contributed by atoms with Gasteiger partial charge < -0.3 is 9.64 Å². The van der Waals surface area contributed by atoms with Crippen molar-refractivity contribution in [3.63, 3.8) is 0 Å². The first kappa shape index (κ1) is 24.6. The first-order valence-corrected chi connectivity index (χ1v) is 12.8. The summed E-state index contributed by atoms with van der Waals surface area (Å²) in [5.41, 5.74) is 3.97. The molecule has 1 aliphatic heterocycles. The molecule has 0 N–H and O–H groups in total. The number of carbonyl (C=O) groups is 2. The van der Waals surface area contributed by atoms with Gasteiger partial charge in [-0.1, -0.05) is 35.9 Å². The van der Waals surface area contributed by atoms with Crippen molar-refractivity contribution < 1.29 is 22.7 Å². The summed E-state index contributed by atoms with van der Waals surface area (Å²) in [6.07, 6.45) is 0. The lowest BCUT2D eigenvalue weighted by molar-refractivity contribution is -0.116. The van der Waals surface area contributed by atoms with Crippen molar-refractivity contribution in [2.45, 2.75) is 38.8 Å². The molecule has 8 heteroatoms. The second-order valence-electron chi connectivity index (χ2n) is 8.65. The predicted molar refractivity (Wildman–Crippen MR) is 134 cm³/mol. The highest BCUT2D eigenvalue weighted by molar-refractivity contribution is 7.89. The van der Waals surface area contributed by atoms with Crippen LogP contribution in [0.1, 0.15) is 40.9 Å². The third-order valence-electron chi connectivity index (χ3n) is 6.03. The Hall–Kier alpha value is -3.49. The summed E-state index contributed by atoms with van der Waals surface area (Å²) < 4.78 is 33.9. The molecule has 0 radical (unpaired) electrons. The smallest absolute Gasteiger partial charge is 0.243 e. The first-order chi connectivity index (χ1) is 16.6. The Kier molecular flexibility index (Phi) is 7.05. The van der Waals surface area contributed by atoms with Gasteiger partial charge in [-0.25, -0.2) is 8.42 Å². The largest absolute Gasteiger partial charge is 0.492 e. The van der Waals surface area contributed by atoms with Gasteiger partial charge in [-0.05, 0) is 55.8 Å². The number of ether oxygens (including phenoxy) is 1. The maximum absolute atomic E-state index is 13.3. The van der Waals surface area contributed by atoms with Crippen molar-refractivity contribution in [2.75, 3.05) is 18.1 Å². The van der Waals surface area contributed by atoms with Crippen LogP contribution in [0, 0.1) is 6.92 Å². The summed E-state index contributed by atoms with van der Waals surface area (Å²) in [5, 5.41) is 0. The van der Waals surface area contributed by atoms with E-state index in [4.69, 9.17) is 4.74 Å². The van der Waals surface area contributed by atoms with E-state index in [1.807, 2.05) is 49.4 Å². The molecular formula is C27H28N2O5S. The summed E-state index contributed by atoms with van der Waals surface area (Å²) in [4.78, 5) is 25.7. The zero-order valence-electron chi connectivity index (χ0n) is 20.0. The van der Waals surface area contributed by atoms with Crippen molar-refractivity contribution >= 4 is 27.4 Å². The van der Waals surface area contributed by atoms with Gasteiger partial charge in [0.1, 0.15) is 12.4 Å². The summed E-state index contributed by atoms with van der Waals surface area (Å²) in [6, 6.07) is 19.3. The lowest BCUT2D eigenvalue weighted by Gasteiger charge is -2.23. The molecule has 0 aromatic heterocycles. The third kappa shape index (κ3) is 5.44. The van der Waals surface area contributed by atoms with Crippen LogP contribution >= 0.6 is 0 Å².